The zero-order valence-electron chi connectivity index (χ0n) is 12.6. The molecule has 1 heterocycles. The van der Waals surface area contributed by atoms with E-state index in [1.165, 1.54) is 10.9 Å². The molecule has 1 amide bonds. The second kappa shape index (κ2) is 7.33. The number of nitrogens with one attached hydrogen (secondary N) is 3. The Bertz CT molecular complexity index is 795. The molecule has 3 aromatic rings. The maximum absolute atomic E-state index is 11.9. The first kappa shape index (κ1) is 15.6. The third kappa shape index (κ3) is 4.13. The third-order valence-corrected chi connectivity index (χ3v) is 4.22. The Labute approximate surface area is 143 Å². The largest absolute Gasteiger partial charge is 0.376 e. The highest BCUT2D eigenvalue weighted by atomic mass is 79.9. The standard InChI is InChI=1S/C18H18BrN3O/c19-14-5-7-15(8-6-14)21-12-18(23)20-10-9-13-11-22-17-4-2-1-3-16(13)17/h1-8,11,21-22H,9-10,12H2,(H,20,23). The van der Waals surface area contributed by atoms with E-state index in [0.29, 0.717) is 6.54 Å². The summed E-state index contributed by atoms with van der Waals surface area (Å²) in [6.07, 6.45) is 2.82. The van der Waals surface area contributed by atoms with Gasteiger partial charge in [0.15, 0.2) is 0 Å². The van der Waals surface area contributed by atoms with Gasteiger partial charge < -0.3 is 15.6 Å². The van der Waals surface area contributed by atoms with E-state index in [9.17, 15) is 4.79 Å². The van der Waals surface area contributed by atoms with Crippen LogP contribution in [0.4, 0.5) is 5.69 Å². The number of benzene rings is 2. The van der Waals surface area contributed by atoms with Gasteiger partial charge in [0, 0.05) is 33.8 Å². The number of H-pyrrole nitrogens is 1. The Hall–Kier alpha value is -2.27. The molecule has 0 aliphatic rings. The van der Waals surface area contributed by atoms with Gasteiger partial charge in [0.05, 0.1) is 6.54 Å². The minimum atomic E-state index is -0.00670. The Balaban J connectivity index is 1.45. The number of amides is 1. The predicted molar refractivity (Wildman–Crippen MR) is 97.6 cm³/mol. The van der Waals surface area contributed by atoms with Crippen LogP contribution < -0.4 is 10.6 Å². The van der Waals surface area contributed by atoms with E-state index in [1.54, 1.807) is 0 Å². The van der Waals surface area contributed by atoms with E-state index >= 15 is 0 Å². The Morgan fingerprint density at radius 1 is 1.09 bits per heavy atom. The van der Waals surface area contributed by atoms with E-state index in [4.69, 9.17) is 0 Å². The molecule has 5 heteroatoms. The molecule has 1 aromatic heterocycles. The molecule has 4 nitrogen and oxygen atoms in total. The Morgan fingerprint density at radius 3 is 2.70 bits per heavy atom. The van der Waals surface area contributed by atoms with Gasteiger partial charge >= 0.3 is 0 Å². The molecule has 0 fully saturated rings. The molecule has 3 rings (SSSR count). The van der Waals surface area contributed by atoms with Crippen LogP contribution in [0, 0.1) is 0 Å². The lowest BCUT2D eigenvalue weighted by atomic mass is 10.1. The molecule has 0 aliphatic carbocycles. The van der Waals surface area contributed by atoms with Crippen LogP contribution in [0.3, 0.4) is 0 Å². The van der Waals surface area contributed by atoms with Crippen molar-refractivity contribution in [1.82, 2.24) is 10.3 Å². The highest BCUT2D eigenvalue weighted by molar-refractivity contribution is 9.10. The van der Waals surface area contributed by atoms with Crippen molar-refractivity contribution in [3.63, 3.8) is 0 Å². The molecule has 2 aromatic carbocycles. The SMILES string of the molecule is O=C(CNc1ccc(Br)cc1)NCCc1c[nH]c2ccccc12. The van der Waals surface area contributed by atoms with Gasteiger partial charge in [0.2, 0.25) is 5.91 Å². The first-order valence-electron chi connectivity index (χ1n) is 7.53. The van der Waals surface area contributed by atoms with Crippen LogP contribution in [0.5, 0.6) is 0 Å². The fourth-order valence-corrected chi connectivity index (χ4v) is 2.75. The predicted octanol–water partition coefficient (Wildman–Crippen LogP) is 3.70. The van der Waals surface area contributed by atoms with Crippen molar-refractivity contribution in [1.29, 1.82) is 0 Å². The number of hydrogen-bond donors (Lipinski definition) is 3. The highest BCUT2D eigenvalue weighted by Gasteiger charge is 2.04. The van der Waals surface area contributed by atoms with Crippen LogP contribution in [0.15, 0.2) is 59.2 Å². The van der Waals surface area contributed by atoms with Crippen molar-refractivity contribution in [3.8, 4) is 0 Å². The number of carbonyl (C=O) groups is 1. The molecule has 0 bridgehead atoms. The molecule has 0 unspecified atom stereocenters. The summed E-state index contributed by atoms with van der Waals surface area (Å²) in [6.45, 7) is 0.901. The zero-order valence-corrected chi connectivity index (χ0v) is 14.2. The fourth-order valence-electron chi connectivity index (χ4n) is 2.49. The second-order valence-electron chi connectivity index (χ2n) is 5.32. The van der Waals surface area contributed by atoms with Crippen molar-refractivity contribution < 1.29 is 4.79 Å². The van der Waals surface area contributed by atoms with Gasteiger partial charge in [-0.15, -0.1) is 0 Å². The summed E-state index contributed by atoms with van der Waals surface area (Å²) in [5, 5.41) is 7.27. The number of carbonyl (C=O) groups excluding carboxylic acids is 1. The average Bonchev–Trinajstić information content (AvgIpc) is 2.98. The summed E-state index contributed by atoms with van der Waals surface area (Å²) in [7, 11) is 0. The minimum Gasteiger partial charge on any atom is -0.376 e. The average molecular weight is 372 g/mol. The summed E-state index contributed by atoms with van der Waals surface area (Å²) in [6, 6.07) is 15.9. The van der Waals surface area contributed by atoms with Crippen molar-refractivity contribution >= 4 is 38.4 Å². The molecule has 0 saturated carbocycles. The normalized spacial score (nSPS) is 10.7. The highest BCUT2D eigenvalue weighted by Crippen LogP contribution is 2.17. The molecule has 0 atom stereocenters. The second-order valence-corrected chi connectivity index (χ2v) is 6.24. The van der Waals surface area contributed by atoms with Crippen molar-refractivity contribution in [3.05, 3.63) is 64.8 Å². The van der Waals surface area contributed by atoms with E-state index in [0.717, 1.165) is 22.1 Å². The lowest BCUT2D eigenvalue weighted by Gasteiger charge is -2.07. The lowest BCUT2D eigenvalue weighted by Crippen LogP contribution is -2.31. The summed E-state index contributed by atoms with van der Waals surface area (Å²) in [4.78, 5) is 15.1. The third-order valence-electron chi connectivity index (χ3n) is 3.69. The number of hydrogen-bond acceptors (Lipinski definition) is 2. The molecular weight excluding hydrogens is 354 g/mol. The van der Waals surface area contributed by atoms with E-state index in [-0.39, 0.29) is 12.5 Å². The van der Waals surface area contributed by atoms with Crippen LogP contribution in [0.25, 0.3) is 10.9 Å². The minimum absolute atomic E-state index is 0.00670. The van der Waals surface area contributed by atoms with Crippen molar-refractivity contribution in [2.24, 2.45) is 0 Å². The van der Waals surface area contributed by atoms with Gasteiger partial charge in [-0.3, -0.25) is 4.79 Å². The number of rotatable bonds is 6. The van der Waals surface area contributed by atoms with E-state index < -0.39 is 0 Å². The van der Waals surface area contributed by atoms with Crippen LogP contribution in [-0.2, 0) is 11.2 Å². The monoisotopic (exact) mass is 371 g/mol. The topological polar surface area (TPSA) is 56.9 Å². The lowest BCUT2D eigenvalue weighted by molar-refractivity contribution is -0.119. The van der Waals surface area contributed by atoms with Crippen LogP contribution in [-0.4, -0.2) is 24.0 Å². The smallest absolute Gasteiger partial charge is 0.239 e. The summed E-state index contributed by atoms with van der Waals surface area (Å²) < 4.78 is 1.02. The maximum atomic E-state index is 11.9. The quantitative estimate of drug-likeness (QED) is 0.618. The number of aromatic nitrogens is 1. The number of anilines is 1. The maximum Gasteiger partial charge on any atom is 0.239 e. The molecule has 23 heavy (non-hydrogen) atoms. The van der Waals surface area contributed by atoms with Crippen molar-refractivity contribution in [2.45, 2.75) is 6.42 Å². The van der Waals surface area contributed by atoms with Crippen molar-refractivity contribution in [2.75, 3.05) is 18.4 Å². The van der Waals surface area contributed by atoms with E-state index in [2.05, 4.69) is 43.7 Å². The zero-order chi connectivity index (χ0) is 16.1. The Kier molecular flexibility index (Phi) is 4.98. The molecule has 0 spiro atoms. The molecule has 118 valence electrons. The number of aromatic amines is 1. The van der Waals surface area contributed by atoms with Gasteiger partial charge in [-0.05, 0) is 42.3 Å². The summed E-state index contributed by atoms with van der Waals surface area (Å²) >= 11 is 3.39. The molecule has 0 aliphatic heterocycles. The molecular formula is C18H18BrN3O. The van der Waals surface area contributed by atoms with Gasteiger partial charge in [0.25, 0.3) is 0 Å². The molecule has 0 saturated heterocycles. The van der Waals surface area contributed by atoms with E-state index in [1.807, 2.05) is 42.6 Å². The van der Waals surface area contributed by atoms with Crippen LogP contribution in [0.2, 0.25) is 0 Å². The van der Waals surface area contributed by atoms with Gasteiger partial charge in [-0.25, -0.2) is 0 Å². The van der Waals surface area contributed by atoms with Gasteiger partial charge in [-0.1, -0.05) is 34.1 Å². The first-order chi connectivity index (χ1) is 11.2. The number of fused-ring (bicyclic) bond motifs is 1. The number of para-hydroxylation sites is 1. The van der Waals surface area contributed by atoms with Gasteiger partial charge in [0.1, 0.15) is 0 Å². The fraction of sp³-hybridized carbons (Fsp3) is 0.167. The summed E-state index contributed by atoms with van der Waals surface area (Å²) in [5.74, 6) is -0.00670. The first-order valence-corrected chi connectivity index (χ1v) is 8.33. The Morgan fingerprint density at radius 2 is 1.87 bits per heavy atom. The van der Waals surface area contributed by atoms with Gasteiger partial charge in [-0.2, -0.15) is 0 Å². The van der Waals surface area contributed by atoms with Crippen LogP contribution >= 0.6 is 15.9 Å². The molecule has 0 radical (unpaired) electrons. The summed E-state index contributed by atoms with van der Waals surface area (Å²) in [5.41, 5.74) is 3.28. The van der Waals surface area contributed by atoms with Crippen LogP contribution in [0.1, 0.15) is 5.56 Å². The molecule has 3 N–H and O–H groups in total. The number of halogens is 1.